The van der Waals surface area contributed by atoms with Gasteiger partial charge in [-0.15, -0.1) is 0 Å². The zero-order chi connectivity index (χ0) is 21.1. The molecule has 154 valence electrons. The van der Waals surface area contributed by atoms with Crippen molar-refractivity contribution in [2.24, 2.45) is 17.6 Å². The van der Waals surface area contributed by atoms with Gasteiger partial charge >= 0.3 is 0 Å². The highest BCUT2D eigenvalue weighted by molar-refractivity contribution is 6.31. The molecule has 4 amide bonds. The van der Waals surface area contributed by atoms with Gasteiger partial charge in [0, 0.05) is 34.8 Å². The number of rotatable bonds is 5. The van der Waals surface area contributed by atoms with E-state index in [1.807, 2.05) is 13.8 Å². The van der Waals surface area contributed by atoms with Crippen LogP contribution in [0.3, 0.4) is 0 Å². The summed E-state index contributed by atoms with van der Waals surface area (Å²) in [6, 6.07) is 4.18. The van der Waals surface area contributed by atoms with Crippen LogP contribution in [0.1, 0.15) is 38.7 Å². The zero-order valence-corrected chi connectivity index (χ0v) is 17.0. The van der Waals surface area contributed by atoms with Crippen LogP contribution < -0.4 is 16.4 Å². The van der Waals surface area contributed by atoms with Crippen molar-refractivity contribution in [1.82, 2.24) is 10.2 Å². The Kier molecular flexibility index (Phi) is 4.66. The molecule has 5 atom stereocenters. The lowest BCUT2D eigenvalue weighted by atomic mass is 9.76. The number of hydrogen-bond donors (Lipinski definition) is 3. The predicted molar refractivity (Wildman–Crippen MR) is 106 cm³/mol. The summed E-state index contributed by atoms with van der Waals surface area (Å²) in [5.41, 5.74) is 5.02. The first-order valence-electron chi connectivity index (χ1n) is 9.76. The Hall–Kier alpha value is -2.45. The van der Waals surface area contributed by atoms with Gasteiger partial charge in [-0.1, -0.05) is 18.5 Å². The largest absolute Gasteiger partial charge is 0.370 e. The molecular weight excluding hydrogens is 396 g/mol. The fraction of sp³-hybridized carbons (Fsp3) is 0.500. The van der Waals surface area contributed by atoms with Gasteiger partial charge in [0.1, 0.15) is 5.54 Å². The molecule has 0 aliphatic carbocycles. The molecule has 0 unspecified atom stereocenters. The fourth-order valence-electron chi connectivity index (χ4n) is 4.96. The number of benzene rings is 1. The van der Waals surface area contributed by atoms with Gasteiger partial charge in [-0.2, -0.15) is 0 Å². The Labute approximate surface area is 173 Å². The van der Waals surface area contributed by atoms with Crippen LogP contribution >= 0.6 is 11.6 Å². The highest BCUT2D eigenvalue weighted by atomic mass is 35.5. The minimum absolute atomic E-state index is 0.0474. The first-order valence-corrected chi connectivity index (χ1v) is 10.1. The molecule has 0 bridgehead atoms. The first-order chi connectivity index (χ1) is 13.7. The van der Waals surface area contributed by atoms with E-state index in [0.717, 1.165) is 0 Å². The second-order valence-electron chi connectivity index (χ2n) is 8.02. The van der Waals surface area contributed by atoms with E-state index >= 15 is 0 Å². The number of halogens is 1. The quantitative estimate of drug-likeness (QED) is 0.618. The van der Waals surface area contributed by atoms with E-state index in [1.54, 1.807) is 18.2 Å². The van der Waals surface area contributed by atoms with Gasteiger partial charge in [0.2, 0.25) is 23.6 Å². The second-order valence-corrected chi connectivity index (χ2v) is 8.45. The van der Waals surface area contributed by atoms with Crippen LogP contribution in [0.25, 0.3) is 0 Å². The molecule has 0 saturated carbocycles. The van der Waals surface area contributed by atoms with Crippen molar-refractivity contribution in [3.63, 3.8) is 0 Å². The Morgan fingerprint density at radius 2 is 2.03 bits per heavy atom. The number of hydrogen-bond acceptors (Lipinski definition) is 5. The highest BCUT2D eigenvalue weighted by Crippen LogP contribution is 2.54. The van der Waals surface area contributed by atoms with Crippen molar-refractivity contribution in [3.05, 3.63) is 28.8 Å². The fourth-order valence-corrected chi connectivity index (χ4v) is 5.13. The Morgan fingerprint density at radius 1 is 1.31 bits per heavy atom. The lowest BCUT2D eigenvalue weighted by Crippen LogP contribution is -2.54. The molecule has 4 rings (SSSR count). The number of nitrogens with one attached hydrogen (secondary N) is 2. The third-order valence-corrected chi connectivity index (χ3v) is 6.68. The van der Waals surface area contributed by atoms with Crippen LogP contribution in [-0.2, 0) is 24.7 Å². The van der Waals surface area contributed by atoms with E-state index in [0.29, 0.717) is 22.7 Å². The van der Waals surface area contributed by atoms with Crippen LogP contribution in [0, 0.1) is 11.8 Å². The van der Waals surface area contributed by atoms with Crippen LogP contribution in [-0.4, -0.2) is 40.6 Å². The summed E-state index contributed by atoms with van der Waals surface area (Å²) < 4.78 is 0. The molecule has 9 heteroatoms. The minimum atomic E-state index is -1.40. The third-order valence-electron chi connectivity index (χ3n) is 6.44. The first kappa shape index (κ1) is 19.8. The molecule has 1 spiro atoms. The number of primary amides is 1. The Balaban J connectivity index is 1.85. The normalized spacial score (nSPS) is 31.2. The van der Waals surface area contributed by atoms with Gasteiger partial charge in [-0.3, -0.25) is 29.4 Å². The molecular formula is C20H23ClN4O4. The SMILES string of the molecule is CC[C@H](C)N1C(=O)[C@H]2[C@@H](C1=O)[C@@]1(N[C@@H]2CCC(N)=O)C(=O)Nc2ccc(Cl)cc21. The number of nitrogens with zero attached hydrogens (tertiary/aromatic N) is 1. The van der Waals surface area contributed by atoms with Gasteiger partial charge in [-0.25, -0.2) is 0 Å². The molecule has 3 aliphatic rings. The van der Waals surface area contributed by atoms with Gasteiger partial charge in [0.25, 0.3) is 0 Å². The molecule has 3 aliphatic heterocycles. The Bertz CT molecular complexity index is 935. The molecule has 29 heavy (non-hydrogen) atoms. The lowest BCUT2D eigenvalue weighted by molar-refractivity contribution is -0.145. The van der Waals surface area contributed by atoms with E-state index in [-0.39, 0.29) is 30.7 Å². The Morgan fingerprint density at radius 3 is 2.69 bits per heavy atom. The van der Waals surface area contributed by atoms with Crippen molar-refractivity contribution in [2.45, 2.75) is 50.7 Å². The smallest absolute Gasteiger partial charge is 0.250 e. The lowest BCUT2D eigenvalue weighted by Gasteiger charge is -2.31. The molecule has 2 saturated heterocycles. The molecule has 0 aromatic heterocycles. The van der Waals surface area contributed by atoms with E-state index in [2.05, 4.69) is 10.6 Å². The summed E-state index contributed by atoms with van der Waals surface area (Å²) in [5.74, 6) is -3.21. The van der Waals surface area contributed by atoms with Gasteiger partial charge in [-0.05, 0) is 38.0 Å². The predicted octanol–water partition coefficient (Wildman–Crippen LogP) is 1.12. The van der Waals surface area contributed by atoms with E-state index in [1.165, 1.54) is 4.90 Å². The summed E-state index contributed by atoms with van der Waals surface area (Å²) in [4.78, 5) is 52.6. The summed E-state index contributed by atoms with van der Waals surface area (Å²) in [7, 11) is 0. The van der Waals surface area contributed by atoms with E-state index < -0.39 is 35.2 Å². The number of nitrogens with two attached hydrogens (primary N) is 1. The van der Waals surface area contributed by atoms with Crippen LogP contribution in [0.15, 0.2) is 18.2 Å². The molecule has 2 fully saturated rings. The van der Waals surface area contributed by atoms with Crippen molar-refractivity contribution < 1.29 is 19.2 Å². The summed E-state index contributed by atoms with van der Waals surface area (Å²) in [6.45, 7) is 3.71. The molecule has 0 radical (unpaired) electrons. The molecule has 4 N–H and O–H groups in total. The summed E-state index contributed by atoms with van der Waals surface area (Å²) in [5, 5.41) is 6.49. The number of carbonyl (C=O) groups is 4. The maximum atomic E-state index is 13.4. The number of imide groups is 1. The van der Waals surface area contributed by atoms with Gasteiger partial charge in [0.05, 0.1) is 11.8 Å². The highest BCUT2D eigenvalue weighted by Gasteiger charge is 2.70. The van der Waals surface area contributed by atoms with Crippen molar-refractivity contribution in [1.29, 1.82) is 0 Å². The molecule has 3 heterocycles. The average molecular weight is 419 g/mol. The number of fused-ring (bicyclic) bond motifs is 4. The zero-order valence-electron chi connectivity index (χ0n) is 16.2. The molecule has 1 aromatic rings. The monoisotopic (exact) mass is 418 g/mol. The standard InChI is InChI=1S/C20H23ClN4O4/c1-3-9(2)25-17(27)15-13(6-7-14(22)26)24-20(16(15)18(25)28)11-8-10(21)4-5-12(11)23-19(20)29/h4-5,8-9,13,15-16,24H,3,6-7H2,1-2H3,(H2,22,26)(H,23,29)/t9-,13+,15+,16-,20+/m0/s1. The minimum Gasteiger partial charge on any atom is -0.370 e. The maximum Gasteiger partial charge on any atom is 0.250 e. The van der Waals surface area contributed by atoms with Crippen LogP contribution in [0.4, 0.5) is 5.69 Å². The second kappa shape index (κ2) is 6.81. The topological polar surface area (TPSA) is 122 Å². The van der Waals surface area contributed by atoms with E-state index in [4.69, 9.17) is 17.3 Å². The summed E-state index contributed by atoms with van der Waals surface area (Å²) >= 11 is 6.19. The van der Waals surface area contributed by atoms with E-state index in [9.17, 15) is 19.2 Å². The van der Waals surface area contributed by atoms with Crippen LogP contribution in [0.2, 0.25) is 5.02 Å². The maximum absolute atomic E-state index is 13.4. The average Bonchev–Trinajstić information content (AvgIpc) is 3.25. The van der Waals surface area contributed by atoms with Gasteiger partial charge in [0.15, 0.2) is 0 Å². The molecule has 8 nitrogen and oxygen atoms in total. The number of anilines is 1. The number of carbonyl (C=O) groups excluding carboxylic acids is 4. The number of amides is 4. The third kappa shape index (κ3) is 2.69. The summed E-state index contributed by atoms with van der Waals surface area (Å²) in [6.07, 6.45) is 0.915. The number of likely N-dealkylation sites (tertiary alicyclic amines) is 1. The van der Waals surface area contributed by atoms with Crippen molar-refractivity contribution >= 4 is 40.9 Å². The molecule has 1 aromatic carbocycles. The van der Waals surface area contributed by atoms with Crippen LogP contribution in [0.5, 0.6) is 0 Å². The van der Waals surface area contributed by atoms with Crippen molar-refractivity contribution in [2.75, 3.05) is 5.32 Å². The van der Waals surface area contributed by atoms with Gasteiger partial charge < -0.3 is 11.1 Å². The van der Waals surface area contributed by atoms with Crippen molar-refractivity contribution in [3.8, 4) is 0 Å².